The van der Waals surface area contributed by atoms with Crippen molar-refractivity contribution in [2.24, 2.45) is 0 Å². The van der Waals surface area contributed by atoms with Crippen LogP contribution in [0.4, 0.5) is 0 Å². The van der Waals surface area contributed by atoms with E-state index >= 15 is 0 Å². The predicted octanol–water partition coefficient (Wildman–Crippen LogP) is 10.9. The molecule has 0 spiro atoms. The number of nitrogens with zero attached hydrogens (tertiary/aromatic N) is 4. The molecule has 0 saturated heterocycles. The maximum Gasteiger partial charge on any atom is 0.164 e. The van der Waals surface area contributed by atoms with Crippen molar-refractivity contribution in [1.29, 1.82) is 0 Å². The molecule has 0 unspecified atom stereocenters. The van der Waals surface area contributed by atoms with E-state index in [1.54, 1.807) is 6.20 Å². The van der Waals surface area contributed by atoms with Crippen molar-refractivity contribution < 1.29 is 8.83 Å². The number of pyridine rings is 1. The Morgan fingerprint density at radius 1 is 0.417 bits per heavy atom. The molecular formula is C42H24N4O2. The molecule has 0 saturated carbocycles. The zero-order valence-electron chi connectivity index (χ0n) is 25.5. The molecule has 6 aromatic carbocycles. The molecule has 0 fully saturated rings. The summed E-state index contributed by atoms with van der Waals surface area (Å²) in [5, 5.41) is 5.29. The van der Waals surface area contributed by atoms with Crippen LogP contribution in [0, 0.1) is 0 Å². The number of para-hydroxylation sites is 1. The summed E-state index contributed by atoms with van der Waals surface area (Å²) < 4.78 is 13.3. The number of fused-ring (bicyclic) bond motifs is 7. The number of benzene rings is 6. The first-order valence-corrected chi connectivity index (χ1v) is 15.8. The first-order chi connectivity index (χ1) is 23.8. The van der Waals surface area contributed by atoms with E-state index in [0.717, 1.165) is 66.0 Å². The van der Waals surface area contributed by atoms with Crippen molar-refractivity contribution in [3.05, 3.63) is 146 Å². The van der Waals surface area contributed by atoms with Crippen LogP contribution in [0.1, 0.15) is 0 Å². The molecule has 0 bridgehead atoms. The summed E-state index contributed by atoms with van der Waals surface area (Å²) in [6.07, 6.45) is 1.79. The van der Waals surface area contributed by atoms with Crippen LogP contribution in [-0.4, -0.2) is 19.9 Å². The minimum Gasteiger partial charge on any atom is -0.455 e. The zero-order chi connectivity index (χ0) is 31.6. The number of hydrogen-bond acceptors (Lipinski definition) is 6. The SMILES string of the molecule is c1ccc(-c2nc(-c3ccccc3)nc(-c3ccc(-c4cccc5c4oc4cc6ccccc6cc45)c4oc5cccnc5c34)n2)cc1. The fourth-order valence-electron chi connectivity index (χ4n) is 6.72. The second-order valence-electron chi connectivity index (χ2n) is 11.8. The van der Waals surface area contributed by atoms with Gasteiger partial charge in [-0.05, 0) is 47.2 Å². The van der Waals surface area contributed by atoms with Gasteiger partial charge in [0.05, 0.1) is 5.39 Å². The number of furan rings is 2. The molecule has 6 heteroatoms. The van der Waals surface area contributed by atoms with E-state index < -0.39 is 0 Å². The van der Waals surface area contributed by atoms with Gasteiger partial charge in [-0.3, -0.25) is 4.98 Å². The average Bonchev–Trinajstić information content (AvgIpc) is 3.73. The van der Waals surface area contributed by atoms with Gasteiger partial charge in [0.25, 0.3) is 0 Å². The lowest BCUT2D eigenvalue weighted by molar-refractivity contribution is 0.665. The molecule has 0 N–H and O–H groups in total. The third-order valence-corrected chi connectivity index (χ3v) is 8.97. The number of rotatable bonds is 4. The molecule has 6 nitrogen and oxygen atoms in total. The quantitative estimate of drug-likeness (QED) is 0.196. The predicted molar refractivity (Wildman–Crippen MR) is 191 cm³/mol. The van der Waals surface area contributed by atoms with Crippen molar-refractivity contribution in [1.82, 2.24) is 19.9 Å². The molecule has 0 aliphatic rings. The Labute approximate surface area is 274 Å². The molecule has 10 aromatic rings. The van der Waals surface area contributed by atoms with Crippen LogP contribution in [0.2, 0.25) is 0 Å². The highest BCUT2D eigenvalue weighted by molar-refractivity contribution is 6.18. The highest BCUT2D eigenvalue weighted by Crippen LogP contribution is 2.44. The van der Waals surface area contributed by atoms with Gasteiger partial charge < -0.3 is 8.83 Å². The Bertz CT molecular complexity index is 2780. The minimum atomic E-state index is 0.543. The summed E-state index contributed by atoms with van der Waals surface area (Å²) in [6.45, 7) is 0. The molecule has 224 valence electrons. The lowest BCUT2D eigenvalue weighted by atomic mass is 9.97. The Kier molecular flexibility index (Phi) is 5.77. The van der Waals surface area contributed by atoms with Gasteiger partial charge in [-0.15, -0.1) is 0 Å². The molecule has 4 heterocycles. The Balaban J connectivity index is 1.25. The van der Waals surface area contributed by atoms with E-state index in [4.69, 9.17) is 28.8 Å². The molecule has 0 aliphatic heterocycles. The fourth-order valence-corrected chi connectivity index (χ4v) is 6.72. The Hall–Kier alpha value is -6.66. The lowest BCUT2D eigenvalue weighted by Crippen LogP contribution is -2.00. The van der Waals surface area contributed by atoms with Gasteiger partial charge in [-0.25, -0.2) is 15.0 Å². The second kappa shape index (κ2) is 10.4. The van der Waals surface area contributed by atoms with Gasteiger partial charge in [0.1, 0.15) is 22.3 Å². The van der Waals surface area contributed by atoms with Crippen LogP contribution < -0.4 is 0 Å². The summed E-state index contributed by atoms with van der Waals surface area (Å²) in [7, 11) is 0. The molecular weight excluding hydrogens is 592 g/mol. The highest BCUT2D eigenvalue weighted by atomic mass is 16.3. The molecule has 0 atom stereocenters. The minimum absolute atomic E-state index is 0.543. The zero-order valence-corrected chi connectivity index (χ0v) is 25.5. The van der Waals surface area contributed by atoms with Crippen molar-refractivity contribution in [3.63, 3.8) is 0 Å². The van der Waals surface area contributed by atoms with Crippen molar-refractivity contribution in [3.8, 4) is 45.3 Å². The van der Waals surface area contributed by atoms with Crippen LogP contribution in [0.15, 0.2) is 155 Å². The van der Waals surface area contributed by atoms with Crippen LogP contribution in [0.3, 0.4) is 0 Å². The maximum atomic E-state index is 6.64. The van der Waals surface area contributed by atoms with E-state index in [1.807, 2.05) is 78.9 Å². The molecule has 4 aromatic heterocycles. The average molecular weight is 617 g/mol. The maximum absolute atomic E-state index is 6.64. The van der Waals surface area contributed by atoms with Crippen molar-refractivity contribution in [2.45, 2.75) is 0 Å². The molecule has 48 heavy (non-hydrogen) atoms. The fraction of sp³-hybridized carbons (Fsp3) is 0. The van der Waals surface area contributed by atoms with Gasteiger partial charge in [0, 0.05) is 44.8 Å². The van der Waals surface area contributed by atoms with E-state index in [1.165, 1.54) is 5.39 Å². The monoisotopic (exact) mass is 616 g/mol. The van der Waals surface area contributed by atoms with Crippen molar-refractivity contribution >= 4 is 54.8 Å². The van der Waals surface area contributed by atoms with E-state index in [-0.39, 0.29) is 0 Å². The summed E-state index contributed by atoms with van der Waals surface area (Å²) in [5.41, 5.74) is 8.26. The molecule has 0 radical (unpaired) electrons. The summed E-state index contributed by atoms with van der Waals surface area (Å²) in [5.74, 6) is 1.73. The van der Waals surface area contributed by atoms with Crippen molar-refractivity contribution in [2.75, 3.05) is 0 Å². The van der Waals surface area contributed by atoms with Gasteiger partial charge in [0.2, 0.25) is 0 Å². The van der Waals surface area contributed by atoms with E-state index in [2.05, 4.69) is 60.7 Å². The van der Waals surface area contributed by atoms with Gasteiger partial charge in [0.15, 0.2) is 23.1 Å². The topological polar surface area (TPSA) is 77.8 Å². The van der Waals surface area contributed by atoms with Crippen LogP contribution in [0.5, 0.6) is 0 Å². The summed E-state index contributed by atoms with van der Waals surface area (Å²) in [4.78, 5) is 19.8. The third kappa shape index (κ3) is 4.13. The van der Waals surface area contributed by atoms with Gasteiger partial charge in [-0.1, -0.05) is 103 Å². The smallest absolute Gasteiger partial charge is 0.164 e. The normalized spacial score (nSPS) is 11.8. The Morgan fingerprint density at radius 2 is 1.04 bits per heavy atom. The van der Waals surface area contributed by atoms with Crippen LogP contribution in [-0.2, 0) is 0 Å². The Morgan fingerprint density at radius 3 is 1.79 bits per heavy atom. The van der Waals surface area contributed by atoms with Gasteiger partial charge in [-0.2, -0.15) is 0 Å². The second-order valence-corrected chi connectivity index (χ2v) is 11.8. The van der Waals surface area contributed by atoms with E-state index in [0.29, 0.717) is 28.6 Å². The first-order valence-electron chi connectivity index (χ1n) is 15.8. The van der Waals surface area contributed by atoms with E-state index in [9.17, 15) is 0 Å². The third-order valence-electron chi connectivity index (χ3n) is 8.97. The molecule has 0 amide bonds. The first kappa shape index (κ1) is 26.5. The standard InChI is InChI=1S/C42H24N4O2/c1-3-11-25(12-4-1)40-44-41(26-13-5-2-6-14-26)46-42(45-40)32-21-20-31(39-36(32)37-34(47-39)19-10-22-43-37)29-17-9-18-30-33-23-27-15-7-8-16-28(27)24-35(33)48-38(29)30/h1-24H. The largest absolute Gasteiger partial charge is 0.455 e. The number of hydrogen-bond donors (Lipinski definition) is 0. The molecule has 0 aliphatic carbocycles. The van der Waals surface area contributed by atoms with Gasteiger partial charge >= 0.3 is 0 Å². The van der Waals surface area contributed by atoms with Crippen LogP contribution in [0.25, 0.3) is 100 Å². The van der Waals surface area contributed by atoms with Crippen LogP contribution >= 0.6 is 0 Å². The highest BCUT2D eigenvalue weighted by Gasteiger charge is 2.23. The summed E-state index contributed by atoms with van der Waals surface area (Å²) in [6, 6.07) is 46.9. The lowest BCUT2D eigenvalue weighted by Gasteiger charge is -2.10. The molecule has 10 rings (SSSR count). The summed E-state index contributed by atoms with van der Waals surface area (Å²) >= 11 is 0. The number of aromatic nitrogens is 4.